The Kier molecular flexibility index (Phi) is 5.81. The monoisotopic (exact) mass is 287 g/mol. The molecular weight excluding hydrogens is 262 g/mol. The Balaban J connectivity index is 1.99. The number of methoxy groups -OCH3 is 1. The first-order valence-corrected chi connectivity index (χ1v) is 7.67. The molecule has 0 unspecified atom stereocenters. The van der Waals surface area contributed by atoms with Crippen molar-refractivity contribution in [1.29, 1.82) is 0 Å². The normalized spacial score (nSPS) is 11.0. The average molecular weight is 287 g/mol. The molecule has 21 heavy (non-hydrogen) atoms. The van der Waals surface area contributed by atoms with Crippen molar-refractivity contribution in [2.75, 3.05) is 38.6 Å². The fourth-order valence-electron chi connectivity index (χ4n) is 2.47. The van der Waals surface area contributed by atoms with Gasteiger partial charge >= 0.3 is 0 Å². The summed E-state index contributed by atoms with van der Waals surface area (Å²) in [5.74, 6) is 1.83. The molecule has 0 aliphatic rings. The second kappa shape index (κ2) is 7.84. The molecule has 0 saturated carbocycles. The van der Waals surface area contributed by atoms with Crippen LogP contribution in [-0.2, 0) is 0 Å². The van der Waals surface area contributed by atoms with Crippen LogP contribution < -0.4 is 10.1 Å². The number of nitrogens with zero attached hydrogens (tertiary/aromatic N) is 2. The molecule has 1 aromatic heterocycles. The van der Waals surface area contributed by atoms with Crippen molar-refractivity contribution in [3.05, 3.63) is 30.5 Å². The fraction of sp³-hybridized carbons (Fsp3) is 0.471. The van der Waals surface area contributed by atoms with Gasteiger partial charge in [0, 0.05) is 18.1 Å². The maximum Gasteiger partial charge on any atom is 0.133 e. The van der Waals surface area contributed by atoms with Crippen LogP contribution in [-0.4, -0.2) is 43.2 Å². The third kappa shape index (κ3) is 4.08. The Labute approximate surface area is 127 Å². The molecule has 1 aromatic carbocycles. The van der Waals surface area contributed by atoms with Crippen LogP contribution >= 0.6 is 0 Å². The third-order valence-corrected chi connectivity index (χ3v) is 3.81. The Bertz CT molecular complexity index is 567. The minimum atomic E-state index is 0.876. The summed E-state index contributed by atoms with van der Waals surface area (Å²) < 4.78 is 5.27. The van der Waals surface area contributed by atoms with Crippen LogP contribution in [0.2, 0.25) is 0 Å². The molecule has 2 aromatic rings. The minimum absolute atomic E-state index is 0.876. The SMILES string of the molecule is CCN(CC)CCCNc1nccc2cc(OC)ccc12. The maximum atomic E-state index is 5.27. The zero-order chi connectivity index (χ0) is 15.1. The molecule has 0 amide bonds. The predicted molar refractivity (Wildman–Crippen MR) is 89.2 cm³/mol. The van der Waals surface area contributed by atoms with Crippen LogP contribution in [0.15, 0.2) is 30.5 Å². The first kappa shape index (κ1) is 15.6. The van der Waals surface area contributed by atoms with E-state index < -0.39 is 0 Å². The highest BCUT2D eigenvalue weighted by molar-refractivity contribution is 5.92. The zero-order valence-corrected chi connectivity index (χ0v) is 13.2. The first-order chi connectivity index (χ1) is 10.3. The Morgan fingerprint density at radius 1 is 1.19 bits per heavy atom. The molecule has 114 valence electrons. The van der Waals surface area contributed by atoms with Gasteiger partial charge in [0.25, 0.3) is 0 Å². The van der Waals surface area contributed by atoms with Gasteiger partial charge < -0.3 is 15.0 Å². The number of pyridine rings is 1. The van der Waals surface area contributed by atoms with Gasteiger partial charge in [-0.3, -0.25) is 0 Å². The lowest BCUT2D eigenvalue weighted by molar-refractivity contribution is 0.303. The lowest BCUT2D eigenvalue weighted by atomic mass is 10.1. The fourth-order valence-corrected chi connectivity index (χ4v) is 2.47. The summed E-state index contributed by atoms with van der Waals surface area (Å²) in [7, 11) is 1.69. The van der Waals surface area contributed by atoms with Gasteiger partial charge in [0.2, 0.25) is 0 Å². The predicted octanol–water partition coefficient (Wildman–Crippen LogP) is 3.39. The number of hydrogen-bond acceptors (Lipinski definition) is 4. The molecule has 4 heteroatoms. The second-order valence-electron chi connectivity index (χ2n) is 5.05. The molecule has 2 rings (SSSR count). The van der Waals surface area contributed by atoms with Crippen molar-refractivity contribution >= 4 is 16.6 Å². The Morgan fingerprint density at radius 2 is 2.00 bits per heavy atom. The van der Waals surface area contributed by atoms with Crippen molar-refractivity contribution in [3.63, 3.8) is 0 Å². The smallest absolute Gasteiger partial charge is 0.133 e. The van der Waals surface area contributed by atoms with Gasteiger partial charge in [-0.05, 0) is 55.7 Å². The highest BCUT2D eigenvalue weighted by atomic mass is 16.5. The summed E-state index contributed by atoms with van der Waals surface area (Å²) in [6.45, 7) is 8.70. The second-order valence-corrected chi connectivity index (χ2v) is 5.05. The number of nitrogens with one attached hydrogen (secondary N) is 1. The zero-order valence-electron chi connectivity index (χ0n) is 13.2. The largest absolute Gasteiger partial charge is 0.497 e. The van der Waals surface area contributed by atoms with Crippen LogP contribution in [0.1, 0.15) is 20.3 Å². The summed E-state index contributed by atoms with van der Waals surface area (Å²) in [6.07, 6.45) is 2.96. The maximum absolute atomic E-state index is 5.27. The summed E-state index contributed by atoms with van der Waals surface area (Å²) in [6, 6.07) is 8.09. The number of aromatic nitrogens is 1. The van der Waals surface area contributed by atoms with Gasteiger partial charge in [0.15, 0.2) is 0 Å². The van der Waals surface area contributed by atoms with Crippen LogP contribution in [0.25, 0.3) is 10.8 Å². The molecule has 0 atom stereocenters. The van der Waals surface area contributed by atoms with Gasteiger partial charge in [-0.15, -0.1) is 0 Å². The van der Waals surface area contributed by atoms with Crippen LogP contribution in [0, 0.1) is 0 Å². The van der Waals surface area contributed by atoms with E-state index in [-0.39, 0.29) is 0 Å². The van der Waals surface area contributed by atoms with Crippen LogP contribution in [0.5, 0.6) is 5.75 Å². The van der Waals surface area contributed by atoms with Gasteiger partial charge in [-0.25, -0.2) is 4.98 Å². The number of hydrogen-bond donors (Lipinski definition) is 1. The Morgan fingerprint density at radius 3 is 2.71 bits per heavy atom. The summed E-state index contributed by atoms with van der Waals surface area (Å²) in [4.78, 5) is 6.89. The number of rotatable bonds is 8. The number of benzene rings is 1. The van der Waals surface area contributed by atoms with Crippen LogP contribution in [0.4, 0.5) is 5.82 Å². The van der Waals surface area contributed by atoms with Gasteiger partial charge in [0.05, 0.1) is 7.11 Å². The standard InChI is InChI=1S/C17H25N3O/c1-4-20(5-2)12-6-10-18-17-16-8-7-15(21-3)13-14(16)9-11-19-17/h7-9,11,13H,4-6,10,12H2,1-3H3,(H,18,19). The van der Waals surface area contributed by atoms with E-state index >= 15 is 0 Å². The van der Waals surface area contributed by atoms with E-state index in [9.17, 15) is 0 Å². The topological polar surface area (TPSA) is 37.4 Å². The van der Waals surface area contributed by atoms with E-state index in [1.807, 2.05) is 24.4 Å². The third-order valence-electron chi connectivity index (χ3n) is 3.81. The summed E-state index contributed by atoms with van der Waals surface area (Å²) in [5, 5.41) is 5.74. The molecule has 1 heterocycles. The highest BCUT2D eigenvalue weighted by Gasteiger charge is 2.04. The van der Waals surface area contributed by atoms with E-state index in [4.69, 9.17) is 4.74 Å². The van der Waals surface area contributed by atoms with E-state index in [0.29, 0.717) is 0 Å². The molecule has 0 bridgehead atoms. The number of ether oxygens (including phenoxy) is 1. The van der Waals surface area contributed by atoms with E-state index in [2.05, 4.69) is 35.1 Å². The Hall–Kier alpha value is -1.81. The lowest BCUT2D eigenvalue weighted by Crippen LogP contribution is -2.25. The number of fused-ring (bicyclic) bond motifs is 1. The molecular formula is C17H25N3O. The molecule has 4 nitrogen and oxygen atoms in total. The van der Waals surface area contributed by atoms with Crippen molar-refractivity contribution in [3.8, 4) is 5.75 Å². The summed E-state index contributed by atoms with van der Waals surface area (Å²) in [5.41, 5.74) is 0. The van der Waals surface area contributed by atoms with Crippen molar-refractivity contribution in [2.45, 2.75) is 20.3 Å². The van der Waals surface area contributed by atoms with Crippen LogP contribution in [0.3, 0.4) is 0 Å². The van der Waals surface area contributed by atoms with Gasteiger partial charge in [-0.1, -0.05) is 13.8 Å². The molecule has 0 radical (unpaired) electrons. The van der Waals surface area contributed by atoms with Crippen molar-refractivity contribution in [2.24, 2.45) is 0 Å². The van der Waals surface area contributed by atoms with Gasteiger partial charge in [-0.2, -0.15) is 0 Å². The molecule has 0 spiro atoms. The highest BCUT2D eigenvalue weighted by Crippen LogP contribution is 2.25. The van der Waals surface area contributed by atoms with Crippen molar-refractivity contribution < 1.29 is 4.74 Å². The minimum Gasteiger partial charge on any atom is -0.497 e. The average Bonchev–Trinajstić information content (AvgIpc) is 2.54. The number of anilines is 1. The van der Waals surface area contributed by atoms with E-state index in [0.717, 1.165) is 54.9 Å². The van der Waals surface area contributed by atoms with E-state index in [1.165, 1.54) is 0 Å². The van der Waals surface area contributed by atoms with Gasteiger partial charge in [0.1, 0.15) is 11.6 Å². The van der Waals surface area contributed by atoms with Crippen molar-refractivity contribution in [1.82, 2.24) is 9.88 Å². The molecule has 0 aliphatic carbocycles. The van der Waals surface area contributed by atoms with E-state index in [1.54, 1.807) is 7.11 Å². The molecule has 0 aliphatic heterocycles. The molecule has 0 fully saturated rings. The lowest BCUT2D eigenvalue weighted by Gasteiger charge is -2.18. The quantitative estimate of drug-likeness (QED) is 0.755. The summed E-state index contributed by atoms with van der Waals surface area (Å²) >= 11 is 0. The first-order valence-electron chi connectivity index (χ1n) is 7.67. The molecule has 0 saturated heterocycles. The molecule has 1 N–H and O–H groups in total.